The van der Waals surface area contributed by atoms with Gasteiger partial charge in [-0.05, 0) is 111 Å². The van der Waals surface area contributed by atoms with Gasteiger partial charge in [0, 0.05) is 10.8 Å². The molecule has 0 saturated heterocycles. The molecule has 0 aliphatic carbocycles. The fourth-order valence-corrected chi connectivity index (χ4v) is 9.14. The van der Waals surface area contributed by atoms with Crippen LogP contribution in [0.3, 0.4) is 0 Å². The van der Waals surface area contributed by atoms with Crippen LogP contribution < -0.4 is 0 Å². The number of cyclic esters (lactones) is 4. The zero-order chi connectivity index (χ0) is 33.2. The van der Waals surface area contributed by atoms with Crippen LogP contribution in [0.15, 0.2) is 109 Å². The van der Waals surface area contributed by atoms with E-state index in [4.69, 9.17) is 9.47 Å². The SMILES string of the molecule is O=C1OC(=O)c2ccc3c4ccc(-c5ccc6c7ccc8c9c(ccc(c%10cccc5c%106)c97)C(=O)OC8=O)c5cccc(c6ccc1c2c63)c54. The van der Waals surface area contributed by atoms with E-state index in [1.165, 1.54) is 0 Å². The molecule has 6 nitrogen and oxygen atoms in total. The minimum absolute atomic E-state index is 0.407. The van der Waals surface area contributed by atoms with Gasteiger partial charge in [-0.1, -0.05) is 84.9 Å². The molecule has 2 aliphatic heterocycles. The van der Waals surface area contributed by atoms with Crippen molar-refractivity contribution in [2.75, 3.05) is 0 Å². The maximum absolute atomic E-state index is 12.7. The number of hydrogen-bond donors (Lipinski definition) is 0. The van der Waals surface area contributed by atoms with E-state index in [1.54, 1.807) is 24.3 Å². The Bertz CT molecular complexity index is 2970. The lowest BCUT2D eigenvalue weighted by Gasteiger charge is -2.22. The number of hydrogen-bond acceptors (Lipinski definition) is 6. The number of ether oxygens (including phenoxy) is 2. The highest BCUT2D eigenvalue weighted by Crippen LogP contribution is 2.49. The van der Waals surface area contributed by atoms with Gasteiger partial charge in [0.1, 0.15) is 0 Å². The molecule has 50 heavy (non-hydrogen) atoms. The van der Waals surface area contributed by atoms with Gasteiger partial charge in [0.15, 0.2) is 0 Å². The summed E-state index contributed by atoms with van der Waals surface area (Å²) >= 11 is 0. The van der Waals surface area contributed by atoms with Crippen molar-refractivity contribution in [1.29, 1.82) is 0 Å². The number of benzene rings is 10. The summed E-state index contributed by atoms with van der Waals surface area (Å²) < 4.78 is 10.1. The number of rotatable bonds is 1. The van der Waals surface area contributed by atoms with E-state index in [9.17, 15) is 19.2 Å². The van der Waals surface area contributed by atoms with Crippen molar-refractivity contribution in [3.8, 4) is 11.1 Å². The highest BCUT2D eigenvalue weighted by molar-refractivity contribution is 6.40. The first kappa shape index (κ1) is 26.1. The summed E-state index contributed by atoms with van der Waals surface area (Å²) in [5.74, 6) is -2.47. The first-order chi connectivity index (χ1) is 24.5. The third kappa shape index (κ3) is 2.89. The third-order valence-electron chi connectivity index (χ3n) is 11.1. The second kappa shape index (κ2) is 8.56. The van der Waals surface area contributed by atoms with E-state index in [0.29, 0.717) is 33.0 Å². The molecule has 0 bridgehead atoms. The Morgan fingerprint density at radius 2 is 0.500 bits per heavy atom. The Kier molecular flexibility index (Phi) is 4.47. The maximum Gasteiger partial charge on any atom is 0.346 e. The quantitative estimate of drug-likeness (QED) is 0.0767. The number of carbonyl (C=O) groups is 4. The number of carbonyl (C=O) groups excluding carboxylic acids is 4. The van der Waals surface area contributed by atoms with Gasteiger partial charge in [0.25, 0.3) is 0 Å². The van der Waals surface area contributed by atoms with E-state index in [1.807, 2.05) is 24.3 Å². The Balaban J connectivity index is 1.19. The summed E-state index contributed by atoms with van der Waals surface area (Å²) in [6, 6.07) is 36.3. The van der Waals surface area contributed by atoms with E-state index >= 15 is 0 Å². The van der Waals surface area contributed by atoms with Crippen LogP contribution in [-0.2, 0) is 9.47 Å². The van der Waals surface area contributed by atoms with Gasteiger partial charge in [0.05, 0.1) is 22.3 Å². The molecule has 0 spiro atoms. The molecule has 0 radical (unpaired) electrons. The average molecular weight is 643 g/mol. The van der Waals surface area contributed by atoms with Gasteiger partial charge < -0.3 is 9.47 Å². The predicted molar refractivity (Wildman–Crippen MR) is 194 cm³/mol. The zero-order valence-electron chi connectivity index (χ0n) is 25.8. The van der Waals surface area contributed by atoms with Crippen LogP contribution in [0.1, 0.15) is 41.4 Å². The fourth-order valence-electron chi connectivity index (χ4n) is 9.14. The van der Waals surface area contributed by atoms with Gasteiger partial charge in [-0.25, -0.2) is 19.2 Å². The largest absolute Gasteiger partial charge is 0.386 e. The molecule has 0 saturated carbocycles. The highest BCUT2D eigenvalue weighted by atomic mass is 16.6. The molecule has 10 aromatic rings. The minimum atomic E-state index is -0.618. The standard InChI is InChI=1S/C44H18O6/c45-41-31-15-11-27-23-5-1-3-21-19(7-9-25(35(21)23)29-13-17-33(43(47)49-41)39(31)37(27)29)20-8-10-26-30-14-18-34-40-32(42(46)50-44(34)48)16-12-28(38(30)40)24-6-2-4-22(20)36(24)26/h1-18H. The van der Waals surface area contributed by atoms with E-state index in [0.717, 1.165) is 86.5 Å². The first-order valence-corrected chi connectivity index (χ1v) is 16.3. The first-order valence-electron chi connectivity index (χ1n) is 16.3. The molecule has 12 rings (SSSR count). The molecular weight excluding hydrogens is 624 g/mol. The maximum atomic E-state index is 12.7. The Morgan fingerprint density at radius 1 is 0.240 bits per heavy atom. The summed E-state index contributed by atoms with van der Waals surface area (Å²) in [4.78, 5) is 51.0. The van der Waals surface area contributed by atoms with Crippen molar-refractivity contribution < 1.29 is 28.7 Å². The molecular formula is C44H18O6. The molecule has 0 unspecified atom stereocenters. The number of esters is 4. The fraction of sp³-hybridized carbons (Fsp3) is 0. The lowest BCUT2D eigenvalue weighted by molar-refractivity contribution is 0.0373. The molecule has 0 N–H and O–H groups in total. The molecule has 10 aromatic carbocycles. The minimum Gasteiger partial charge on any atom is -0.386 e. The van der Waals surface area contributed by atoms with Gasteiger partial charge in [-0.15, -0.1) is 0 Å². The highest BCUT2D eigenvalue weighted by Gasteiger charge is 2.31. The molecule has 0 amide bonds. The van der Waals surface area contributed by atoms with Crippen LogP contribution in [0.5, 0.6) is 0 Å². The molecule has 6 heteroatoms. The molecule has 230 valence electrons. The monoisotopic (exact) mass is 642 g/mol. The summed E-state index contributed by atoms with van der Waals surface area (Å²) in [7, 11) is 0. The van der Waals surface area contributed by atoms with Crippen LogP contribution >= 0.6 is 0 Å². The Morgan fingerprint density at radius 3 is 0.840 bits per heavy atom. The van der Waals surface area contributed by atoms with E-state index in [-0.39, 0.29) is 0 Å². The van der Waals surface area contributed by atoms with Crippen LogP contribution in [0.4, 0.5) is 0 Å². The summed E-state index contributed by atoms with van der Waals surface area (Å²) in [5, 5.41) is 15.6. The normalized spacial score (nSPS) is 14.5. The molecule has 2 aliphatic rings. The third-order valence-corrected chi connectivity index (χ3v) is 11.1. The van der Waals surface area contributed by atoms with Crippen molar-refractivity contribution in [3.63, 3.8) is 0 Å². The predicted octanol–water partition coefficient (Wildman–Crippen LogP) is 10.1. The van der Waals surface area contributed by atoms with Gasteiger partial charge in [0.2, 0.25) is 0 Å². The van der Waals surface area contributed by atoms with Crippen LogP contribution in [0, 0.1) is 0 Å². The van der Waals surface area contributed by atoms with Crippen molar-refractivity contribution in [2.24, 2.45) is 0 Å². The lowest BCUT2D eigenvalue weighted by atomic mass is 9.82. The van der Waals surface area contributed by atoms with Crippen molar-refractivity contribution >= 4 is 110 Å². The van der Waals surface area contributed by atoms with Crippen LogP contribution in [0.2, 0.25) is 0 Å². The zero-order valence-corrected chi connectivity index (χ0v) is 25.8. The van der Waals surface area contributed by atoms with E-state index in [2.05, 4.69) is 60.7 Å². The lowest BCUT2D eigenvalue weighted by Crippen LogP contribution is -2.19. The van der Waals surface area contributed by atoms with Crippen LogP contribution in [-0.4, -0.2) is 23.9 Å². The molecule has 0 atom stereocenters. The van der Waals surface area contributed by atoms with Gasteiger partial charge >= 0.3 is 23.9 Å². The molecule has 2 heterocycles. The summed E-state index contributed by atoms with van der Waals surface area (Å²) in [6.45, 7) is 0. The molecule has 0 aromatic heterocycles. The summed E-state index contributed by atoms with van der Waals surface area (Å²) in [6.07, 6.45) is 0. The van der Waals surface area contributed by atoms with Crippen molar-refractivity contribution in [1.82, 2.24) is 0 Å². The Labute approximate surface area is 280 Å². The van der Waals surface area contributed by atoms with Crippen molar-refractivity contribution in [3.05, 3.63) is 131 Å². The smallest absolute Gasteiger partial charge is 0.346 e. The average Bonchev–Trinajstić information content (AvgIpc) is 3.14. The summed E-state index contributed by atoms with van der Waals surface area (Å²) in [5.41, 5.74) is 3.81. The van der Waals surface area contributed by atoms with Gasteiger partial charge in [-0.2, -0.15) is 0 Å². The van der Waals surface area contributed by atoms with E-state index < -0.39 is 23.9 Å². The Hall–Kier alpha value is -6.92. The number of fused-ring (bicyclic) bond motifs is 4. The van der Waals surface area contributed by atoms with Crippen LogP contribution in [0.25, 0.3) is 97.3 Å². The topological polar surface area (TPSA) is 86.7 Å². The second-order valence-electron chi connectivity index (χ2n) is 13.3. The second-order valence-corrected chi connectivity index (χ2v) is 13.3. The van der Waals surface area contributed by atoms with Gasteiger partial charge in [-0.3, -0.25) is 0 Å². The van der Waals surface area contributed by atoms with Crippen molar-refractivity contribution in [2.45, 2.75) is 0 Å². The molecule has 0 fully saturated rings.